The molecule has 0 aliphatic rings. The summed E-state index contributed by atoms with van der Waals surface area (Å²) in [5.41, 5.74) is 3.05. The molecule has 0 fully saturated rings. The summed E-state index contributed by atoms with van der Waals surface area (Å²) in [5.74, 6) is 0. The van der Waals surface area contributed by atoms with Crippen LogP contribution in [-0.2, 0) is 19.4 Å². The van der Waals surface area contributed by atoms with E-state index in [1.54, 1.807) is 0 Å². The van der Waals surface area contributed by atoms with Gasteiger partial charge < -0.3 is 5.32 Å². The molecular formula is C14H22ClN5S. The van der Waals surface area contributed by atoms with Gasteiger partial charge in [0.2, 0.25) is 0 Å². The molecule has 2 aromatic heterocycles. The molecule has 2 heterocycles. The van der Waals surface area contributed by atoms with Crippen LogP contribution in [0.1, 0.15) is 48.8 Å². The van der Waals surface area contributed by atoms with Crippen molar-refractivity contribution in [3.63, 3.8) is 0 Å². The lowest BCUT2D eigenvalue weighted by molar-refractivity contribution is 0.519. The summed E-state index contributed by atoms with van der Waals surface area (Å²) in [6.07, 6.45) is 1.66. The Balaban J connectivity index is 2.33. The third-order valence-electron chi connectivity index (χ3n) is 3.55. The fourth-order valence-electron chi connectivity index (χ4n) is 2.47. The summed E-state index contributed by atoms with van der Waals surface area (Å²) >= 11 is 7.97. The number of aromatic nitrogens is 4. The van der Waals surface area contributed by atoms with Crippen LogP contribution in [0.15, 0.2) is 0 Å². The van der Waals surface area contributed by atoms with E-state index in [-0.39, 0.29) is 6.04 Å². The van der Waals surface area contributed by atoms with Crippen molar-refractivity contribution in [2.75, 3.05) is 6.54 Å². The van der Waals surface area contributed by atoms with E-state index < -0.39 is 0 Å². The lowest BCUT2D eigenvalue weighted by atomic mass is 10.1. The molecule has 0 aliphatic carbocycles. The van der Waals surface area contributed by atoms with Gasteiger partial charge in [0.05, 0.1) is 33.0 Å². The van der Waals surface area contributed by atoms with E-state index in [0.717, 1.165) is 48.0 Å². The predicted molar refractivity (Wildman–Crippen MR) is 87.1 cm³/mol. The Morgan fingerprint density at radius 2 is 2.10 bits per heavy atom. The normalized spacial score (nSPS) is 12.8. The second kappa shape index (κ2) is 7.33. The highest BCUT2D eigenvalue weighted by Gasteiger charge is 2.22. The van der Waals surface area contributed by atoms with Gasteiger partial charge in [0, 0.05) is 13.0 Å². The molecule has 0 amide bonds. The van der Waals surface area contributed by atoms with Gasteiger partial charge in [0.1, 0.15) is 0 Å². The fraction of sp³-hybridized carbons (Fsp3) is 0.643. The van der Waals surface area contributed by atoms with Gasteiger partial charge in [-0.3, -0.25) is 4.68 Å². The number of hydrogen-bond donors (Lipinski definition) is 1. The Labute approximate surface area is 134 Å². The maximum Gasteiger partial charge on any atom is 0.0850 e. The van der Waals surface area contributed by atoms with Crippen molar-refractivity contribution < 1.29 is 0 Å². The highest BCUT2D eigenvalue weighted by Crippen LogP contribution is 2.29. The third kappa shape index (κ3) is 3.44. The molecule has 7 heteroatoms. The molecule has 2 aromatic rings. The number of nitrogens with zero attached hydrogens (tertiary/aromatic N) is 4. The van der Waals surface area contributed by atoms with Crippen molar-refractivity contribution in [2.45, 2.75) is 53.1 Å². The van der Waals surface area contributed by atoms with Crippen LogP contribution in [0.3, 0.4) is 0 Å². The van der Waals surface area contributed by atoms with Crippen LogP contribution in [0.5, 0.6) is 0 Å². The lowest BCUT2D eigenvalue weighted by Crippen LogP contribution is -2.24. The van der Waals surface area contributed by atoms with Gasteiger partial charge in [0.15, 0.2) is 0 Å². The first-order valence-electron chi connectivity index (χ1n) is 7.38. The summed E-state index contributed by atoms with van der Waals surface area (Å²) in [4.78, 5) is 1.18. The Kier molecular flexibility index (Phi) is 5.72. The van der Waals surface area contributed by atoms with E-state index in [4.69, 9.17) is 11.6 Å². The molecule has 1 atom stereocenters. The first-order valence-corrected chi connectivity index (χ1v) is 8.53. The minimum atomic E-state index is 0.180. The molecule has 5 nitrogen and oxygen atoms in total. The topological polar surface area (TPSA) is 55.6 Å². The van der Waals surface area contributed by atoms with Crippen LogP contribution in [0.25, 0.3) is 0 Å². The van der Waals surface area contributed by atoms with Gasteiger partial charge in [-0.1, -0.05) is 29.9 Å². The summed E-state index contributed by atoms with van der Waals surface area (Å²) in [7, 11) is 0. The van der Waals surface area contributed by atoms with Gasteiger partial charge in [-0.25, -0.2) is 0 Å². The van der Waals surface area contributed by atoms with E-state index in [1.807, 2.05) is 11.6 Å². The second-order valence-electron chi connectivity index (χ2n) is 4.91. The van der Waals surface area contributed by atoms with E-state index in [2.05, 4.69) is 40.8 Å². The Morgan fingerprint density at radius 3 is 2.62 bits per heavy atom. The zero-order valence-corrected chi connectivity index (χ0v) is 14.6. The highest BCUT2D eigenvalue weighted by atomic mass is 35.5. The number of hydrogen-bond acceptors (Lipinski definition) is 5. The highest BCUT2D eigenvalue weighted by molar-refractivity contribution is 7.05. The van der Waals surface area contributed by atoms with Gasteiger partial charge in [-0.15, -0.1) is 5.10 Å². The zero-order valence-electron chi connectivity index (χ0n) is 13.0. The molecule has 116 valence electrons. The Hall–Kier alpha value is -0.980. The lowest BCUT2D eigenvalue weighted by Gasteiger charge is -2.17. The molecule has 1 N–H and O–H groups in total. The number of nitrogens with one attached hydrogen (secondary N) is 1. The quantitative estimate of drug-likeness (QED) is 0.848. The fourth-order valence-corrected chi connectivity index (χ4v) is 3.53. The van der Waals surface area contributed by atoms with E-state index in [0.29, 0.717) is 0 Å². The van der Waals surface area contributed by atoms with Crippen molar-refractivity contribution in [3.05, 3.63) is 27.0 Å². The van der Waals surface area contributed by atoms with Crippen molar-refractivity contribution in [2.24, 2.45) is 0 Å². The van der Waals surface area contributed by atoms with Gasteiger partial charge in [-0.2, -0.15) is 5.10 Å². The standard InChI is InChI=1S/C14H22ClN5S/c1-5-10-13(15)12(20(7-3)18-10)8-11(16-6-2)14-9(4)17-19-21-14/h11,16H,5-8H2,1-4H3. The average molecular weight is 328 g/mol. The molecule has 0 spiro atoms. The van der Waals surface area contributed by atoms with Crippen LogP contribution in [0.2, 0.25) is 5.02 Å². The van der Waals surface area contributed by atoms with Gasteiger partial charge >= 0.3 is 0 Å². The molecule has 2 rings (SSSR count). The van der Waals surface area contributed by atoms with Crippen molar-refractivity contribution in [1.29, 1.82) is 0 Å². The van der Waals surface area contributed by atoms with Crippen LogP contribution >= 0.6 is 23.1 Å². The average Bonchev–Trinajstić information content (AvgIpc) is 3.03. The van der Waals surface area contributed by atoms with Gasteiger partial charge in [-0.05, 0) is 38.3 Å². The maximum absolute atomic E-state index is 6.51. The molecule has 21 heavy (non-hydrogen) atoms. The minimum Gasteiger partial charge on any atom is -0.309 e. The Morgan fingerprint density at radius 1 is 1.33 bits per heavy atom. The molecule has 0 saturated heterocycles. The van der Waals surface area contributed by atoms with E-state index in [1.165, 1.54) is 16.4 Å². The smallest absolute Gasteiger partial charge is 0.0850 e. The van der Waals surface area contributed by atoms with Crippen molar-refractivity contribution in [1.82, 2.24) is 24.7 Å². The summed E-state index contributed by atoms with van der Waals surface area (Å²) in [6.45, 7) is 9.99. The SMILES string of the molecule is CCNC(Cc1c(Cl)c(CC)nn1CC)c1snnc1C. The largest absolute Gasteiger partial charge is 0.309 e. The first-order chi connectivity index (χ1) is 10.1. The summed E-state index contributed by atoms with van der Waals surface area (Å²) < 4.78 is 6.06. The van der Waals surface area contributed by atoms with Crippen molar-refractivity contribution in [3.8, 4) is 0 Å². The van der Waals surface area contributed by atoms with E-state index >= 15 is 0 Å². The molecule has 0 radical (unpaired) electrons. The first kappa shape index (κ1) is 16.4. The van der Waals surface area contributed by atoms with Crippen LogP contribution < -0.4 is 5.32 Å². The monoisotopic (exact) mass is 327 g/mol. The van der Waals surface area contributed by atoms with E-state index in [9.17, 15) is 0 Å². The summed E-state index contributed by atoms with van der Waals surface area (Å²) in [5, 5.41) is 13.0. The van der Waals surface area contributed by atoms with Crippen molar-refractivity contribution >= 4 is 23.1 Å². The maximum atomic E-state index is 6.51. The number of likely N-dealkylation sites (N-methyl/N-ethyl adjacent to an activating group) is 1. The Bertz CT molecular complexity index is 592. The zero-order chi connectivity index (χ0) is 15.4. The number of rotatable bonds is 7. The van der Waals surface area contributed by atoms with Crippen LogP contribution in [0, 0.1) is 6.92 Å². The number of aryl methyl sites for hydroxylation is 3. The van der Waals surface area contributed by atoms with Crippen LogP contribution in [-0.4, -0.2) is 25.9 Å². The predicted octanol–water partition coefficient (Wildman–Crippen LogP) is 3.17. The second-order valence-corrected chi connectivity index (χ2v) is 6.08. The van der Waals surface area contributed by atoms with Crippen LogP contribution in [0.4, 0.5) is 0 Å². The minimum absolute atomic E-state index is 0.180. The molecule has 1 unspecified atom stereocenters. The molecule has 0 bridgehead atoms. The summed E-state index contributed by atoms with van der Waals surface area (Å²) in [6, 6.07) is 0.180. The van der Waals surface area contributed by atoms with Gasteiger partial charge in [0.25, 0.3) is 0 Å². The molecule has 0 saturated carbocycles. The molecule has 0 aromatic carbocycles. The molecule has 0 aliphatic heterocycles. The third-order valence-corrected chi connectivity index (χ3v) is 4.92. The number of halogens is 1. The molecular weight excluding hydrogens is 306 g/mol.